The minimum atomic E-state index is 0.860. The molecule has 1 N–H and O–H groups in total. The fraction of sp³-hybridized carbons (Fsp3) is 1.00. The molecule has 96 valence electrons. The molecule has 1 nitrogen and oxygen atoms in total. The number of nitrogens with one attached hydrogen (secondary N) is 1. The van der Waals surface area contributed by atoms with E-state index in [1.54, 1.807) is 0 Å². The molecule has 1 heterocycles. The van der Waals surface area contributed by atoms with E-state index in [4.69, 9.17) is 0 Å². The van der Waals surface area contributed by atoms with Crippen LogP contribution in [0.2, 0.25) is 0 Å². The summed E-state index contributed by atoms with van der Waals surface area (Å²) in [6, 6.07) is 0.860. The zero-order valence-corrected chi connectivity index (χ0v) is 11.8. The van der Waals surface area contributed by atoms with Gasteiger partial charge in [-0.25, -0.2) is 0 Å². The number of rotatable bonds is 1. The first-order chi connectivity index (χ1) is 7.75. The third kappa shape index (κ3) is 4.08. The van der Waals surface area contributed by atoms with Gasteiger partial charge < -0.3 is 5.32 Å². The van der Waals surface area contributed by atoms with E-state index in [2.05, 4.69) is 19.2 Å². The fourth-order valence-corrected chi connectivity index (χ4v) is 3.11. The van der Waals surface area contributed by atoms with Crippen LogP contribution in [-0.4, -0.2) is 12.6 Å². The van der Waals surface area contributed by atoms with Crippen LogP contribution in [0.15, 0.2) is 0 Å². The fourth-order valence-electron chi connectivity index (χ4n) is 3.11. The van der Waals surface area contributed by atoms with Gasteiger partial charge in [-0.2, -0.15) is 0 Å². The van der Waals surface area contributed by atoms with Crippen molar-refractivity contribution in [2.24, 2.45) is 17.8 Å². The maximum absolute atomic E-state index is 3.75. The molecule has 1 heteroatoms. The predicted octanol–water partition coefficient (Wildman–Crippen LogP) is 4.23. The van der Waals surface area contributed by atoms with Crippen LogP contribution in [0.25, 0.3) is 0 Å². The summed E-state index contributed by atoms with van der Waals surface area (Å²) >= 11 is 0. The second-order valence-electron chi connectivity index (χ2n) is 5.72. The van der Waals surface area contributed by atoms with Gasteiger partial charge in [0.15, 0.2) is 0 Å². The van der Waals surface area contributed by atoms with Gasteiger partial charge in [-0.3, -0.25) is 0 Å². The molecule has 2 aliphatic rings. The highest BCUT2D eigenvalue weighted by atomic mass is 14.9. The zero-order chi connectivity index (χ0) is 12.0. The van der Waals surface area contributed by atoms with Crippen molar-refractivity contribution in [3.63, 3.8) is 0 Å². The van der Waals surface area contributed by atoms with Crippen molar-refractivity contribution in [3.05, 3.63) is 0 Å². The third-order valence-corrected chi connectivity index (χ3v) is 4.33. The minimum Gasteiger partial charge on any atom is -0.313 e. The van der Waals surface area contributed by atoms with Crippen molar-refractivity contribution in [3.8, 4) is 0 Å². The van der Waals surface area contributed by atoms with Crippen LogP contribution in [0.1, 0.15) is 66.2 Å². The highest BCUT2D eigenvalue weighted by Gasteiger charge is 2.28. The number of hydrogen-bond acceptors (Lipinski definition) is 1. The molecule has 16 heavy (non-hydrogen) atoms. The van der Waals surface area contributed by atoms with E-state index < -0.39 is 0 Å². The quantitative estimate of drug-likeness (QED) is 0.704. The molecular formula is C15H31N. The summed E-state index contributed by atoms with van der Waals surface area (Å²) < 4.78 is 0. The lowest BCUT2D eigenvalue weighted by molar-refractivity contribution is 0.189. The molecular weight excluding hydrogens is 194 g/mol. The highest BCUT2D eigenvalue weighted by Crippen LogP contribution is 2.33. The van der Waals surface area contributed by atoms with Crippen molar-refractivity contribution in [1.29, 1.82) is 0 Å². The van der Waals surface area contributed by atoms with E-state index in [1.165, 1.54) is 45.1 Å². The van der Waals surface area contributed by atoms with E-state index >= 15 is 0 Å². The Balaban J connectivity index is 0.000000606. The van der Waals surface area contributed by atoms with Gasteiger partial charge in [-0.15, -0.1) is 0 Å². The van der Waals surface area contributed by atoms with Crippen molar-refractivity contribution in [1.82, 2.24) is 5.32 Å². The summed E-state index contributed by atoms with van der Waals surface area (Å²) in [7, 11) is 0. The molecule has 0 amide bonds. The molecule has 0 bridgehead atoms. The highest BCUT2D eigenvalue weighted by molar-refractivity contribution is 4.84. The summed E-state index contributed by atoms with van der Waals surface area (Å²) in [5, 5.41) is 3.75. The molecule has 2 fully saturated rings. The molecule has 2 unspecified atom stereocenters. The van der Waals surface area contributed by atoms with Crippen LogP contribution in [0.4, 0.5) is 0 Å². The first-order valence-electron chi connectivity index (χ1n) is 7.49. The Morgan fingerprint density at radius 1 is 0.750 bits per heavy atom. The molecule has 0 aromatic heterocycles. The van der Waals surface area contributed by atoms with Gasteiger partial charge in [-0.1, -0.05) is 40.5 Å². The molecule has 1 aliphatic carbocycles. The molecule has 0 aromatic rings. The lowest BCUT2D eigenvalue weighted by Gasteiger charge is -2.37. The number of hydrogen-bond donors (Lipinski definition) is 1. The van der Waals surface area contributed by atoms with E-state index in [0.29, 0.717) is 0 Å². The smallest absolute Gasteiger partial charge is 0.00955 e. The third-order valence-electron chi connectivity index (χ3n) is 4.33. The van der Waals surface area contributed by atoms with E-state index in [9.17, 15) is 0 Å². The van der Waals surface area contributed by atoms with Gasteiger partial charge in [0, 0.05) is 6.04 Å². The molecule has 1 saturated heterocycles. The zero-order valence-electron chi connectivity index (χ0n) is 11.8. The normalized spacial score (nSPS) is 39.8. The lowest BCUT2D eigenvalue weighted by atomic mass is 9.76. The summed E-state index contributed by atoms with van der Waals surface area (Å²) in [6.07, 6.45) is 8.78. The van der Waals surface area contributed by atoms with Crippen molar-refractivity contribution in [2.75, 3.05) is 6.54 Å². The molecule has 0 spiro atoms. The maximum atomic E-state index is 3.75. The standard InChI is InChI=1S/C13H25N.C2H6/c1-10-3-6-12(7-4-10)13-8-5-11(2)9-14-13;1-2/h10-14H,3-9H2,1-2H3;1-2H3. The second kappa shape index (κ2) is 7.32. The monoisotopic (exact) mass is 225 g/mol. The van der Waals surface area contributed by atoms with E-state index in [1.807, 2.05) is 13.8 Å². The van der Waals surface area contributed by atoms with Gasteiger partial charge in [0.25, 0.3) is 0 Å². The Morgan fingerprint density at radius 2 is 1.31 bits per heavy atom. The van der Waals surface area contributed by atoms with Crippen molar-refractivity contribution >= 4 is 0 Å². The second-order valence-corrected chi connectivity index (χ2v) is 5.72. The Kier molecular flexibility index (Phi) is 6.41. The largest absolute Gasteiger partial charge is 0.313 e. The average molecular weight is 225 g/mol. The Bertz CT molecular complexity index is 142. The van der Waals surface area contributed by atoms with Gasteiger partial charge >= 0.3 is 0 Å². The Hall–Kier alpha value is -0.0400. The molecule has 0 radical (unpaired) electrons. The van der Waals surface area contributed by atoms with Crippen molar-refractivity contribution in [2.45, 2.75) is 72.3 Å². The lowest BCUT2D eigenvalue weighted by Crippen LogP contribution is -2.43. The summed E-state index contributed by atoms with van der Waals surface area (Å²) in [4.78, 5) is 0. The topological polar surface area (TPSA) is 12.0 Å². The molecule has 2 rings (SSSR count). The van der Waals surface area contributed by atoms with E-state index in [0.717, 1.165) is 23.8 Å². The summed E-state index contributed by atoms with van der Waals surface area (Å²) in [6.45, 7) is 10.0. The summed E-state index contributed by atoms with van der Waals surface area (Å²) in [5.41, 5.74) is 0. The predicted molar refractivity (Wildman–Crippen MR) is 72.7 cm³/mol. The Morgan fingerprint density at radius 3 is 1.81 bits per heavy atom. The SMILES string of the molecule is CC.CC1CCC(C2CCC(C)CN2)CC1. The first-order valence-corrected chi connectivity index (χ1v) is 7.49. The number of piperidine rings is 1. The van der Waals surface area contributed by atoms with Crippen LogP contribution < -0.4 is 5.32 Å². The van der Waals surface area contributed by atoms with Crippen LogP contribution >= 0.6 is 0 Å². The van der Waals surface area contributed by atoms with Gasteiger partial charge in [-0.05, 0) is 50.0 Å². The molecule has 2 atom stereocenters. The van der Waals surface area contributed by atoms with Crippen molar-refractivity contribution < 1.29 is 0 Å². The summed E-state index contributed by atoms with van der Waals surface area (Å²) in [5.74, 6) is 2.90. The maximum Gasteiger partial charge on any atom is 0.00955 e. The molecule has 1 aliphatic heterocycles. The van der Waals surface area contributed by atoms with Gasteiger partial charge in [0.05, 0.1) is 0 Å². The molecule has 1 saturated carbocycles. The van der Waals surface area contributed by atoms with Crippen LogP contribution in [0, 0.1) is 17.8 Å². The first kappa shape index (κ1) is 14.0. The van der Waals surface area contributed by atoms with Crippen LogP contribution in [0.5, 0.6) is 0 Å². The van der Waals surface area contributed by atoms with Crippen LogP contribution in [-0.2, 0) is 0 Å². The molecule has 0 aromatic carbocycles. The minimum absolute atomic E-state index is 0.860. The Labute approximate surface area is 102 Å². The van der Waals surface area contributed by atoms with Gasteiger partial charge in [0.2, 0.25) is 0 Å². The van der Waals surface area contributed by atoms with Gasteiger partial charge in [0.1, 0.15) is 0 Å². The van der Waals surface area contributed by atoms with Crippen LogP contribution in [0.3, 0.4) is 0 Å². The average Bonchev–Trinajstić information content (AvgIpc) is 2.34. The van der Waals surface area contributed by atoms with E-state index in [-0.39, 0.29) is 0 Å².